The van der Waals surface area contributed by atoms with Crippen molar-refractivity contribution in [2.45, 2.75) is 293 Å². The minimum atomic E-state index is -0.489. The van der Waals surface area contributed by atoms with Crippen molar-refractivity contribution in [1.82, 2.24) is 0 Å². The van der Waals surface area contributed by atoms with Crippen molar-refractivity contribution in [1.29, 1.82) is 0 Å². The number of aromatic hydroxyl groups is 2. The van der Waals surface area contributed by atoms with Crippen molar-refractivity contribution < 1.29 is 10.2 Å². The van der Waals surface area contributed by atoms with Crippen LogP contribution in [0.2, 0.25) is 0 Å². The lowest BCUT2D eigenvalue weighted by Gasteiger charge is -2.42. The summed E-state index contributed by atoms with van der Waals surface area (Å²) in [6, 6.07) is 8.99. The highest BCUT2D eigenvalue weighted by Gasteiger charge is 2.43. The third-order valence-electron chi connectivity index (χ3n) is 15.0. The summed E-state index contributed by atoms with van der Waals surface area (Å²) in [6.45, 7) is 33.4. The zero-order valence-electron chi connectivity index (χ0n) is 44.8. The standard InChI is InChI=1S/C61H108O2/c1-15-17-29-41-59(11,12)52-39-40-55(62)54(46-52)61(43-31-21-25-35-49(7)8,44-32-22-26-36-50(9)10)58-53(38-28-20-24-34-48(5)6)57(60(13,14)42-30-18-16-2)51(45-56(58)63)37-27-19-23-33-47(3)4/h39-40,45-50,62-63H,15-38,41-44H2,1-14H3. The van der Waals surface area contributed by atoms with E-state index >= 15 is 0 Å². The van der Waals surface area contributed by atoms with E-state index in [4.69, 9.17) is 0 Å². The molecule has 364 valence electrons. The summed E-state index contributed by atoms with van der Waals surface area (Å²) in [7, 11) is 0. The number of unbranched alkanes of at least 4 members (excludes halogenated alkanes) is 12. The van der Waals surface area contributed by atoms with Crippen molar-refractivity contribution in [2.75, 3.05) is 0 Å². The van der Waals surface area contributed by atoms with Gasteiger partial charge in [-0.05, 0) is 120 Å². The van der Waals surface area contributed by atoms with Gasteiger partial charge < -0.3 is 10.2 Å². The Morgan fingerprint density at radius 3 is 1.32 bits per heavy atom. The van der Waals surface area contributed by atoms with Gasteiger partial charge in [0.2, 0.25) is 0 Å². The van der Waals surface area contributed by atoms with Gasteiger partial charge in [0.1, 0.15) is 11.5 Å². The molecule has 0 spiro atoms. The molecule has 0 atom stereocenters. The van der Waals surface area contributed by atoms with E-state index in [9.17, 15) is 10.2 Å². The van der Waals surface area contributed by atoms with Gasteiger partial charge in [-0.25, -0.2) is 0 Å². The van der Waals surface area contributed by atoms with Crippen molar-refractivity contribution in [3.05, 3.63) is 57.6 Å². The van der Waals surface area contributed by atoms with E-state index in [1.165, 1.54) is 144 Å². The van der Waals surface area contributed by atoms with Gasteiger partial charge in [-0.3, -0.25) is 0 Å². The molecule has 0 aliphatic heterocycles. The summed E-state index contributed by atoms with van der Waals surface area (Å²) in [4.78, 5) is 0. The molecule has 0 aliphatic carbocycles. The van der Waals surface area contributed by atoms with Crippen molar-refractivity contribution in [3.8, 4) is 11.5 Å². The normalized spacial score (nSPS) is 12.9. The maximum Gasteiger partial charge on any atom is 0.120 e. The van der Waals surface area contributed by atoms with Crippen molar-refractivity contribution in [2.24, 2.45) is 23.7 Å². The molecule has 63 heavy (non-hydrogen) atoms. The van der Waals surface area contributed by atoms with Gasteiger partial charge in [0.25, 0.3) is 0 Å². The smallest absolute Gasteiger partial charge is 0.120 e. The number of benzene rings is 2. The number of phenolic OH excluding ortho intramolecular Hbond substituents is 2. The van der Waals surface area contributed by atoms with Gasteiger partial charge in [-0.15, -0.1) is 0 Å². The minimum Gasteiger partial charge on any atom is -0.508 e. The second-order valence-electron chi connectivity index (χ2n) is 23.8. The SMILES string of the molecule is CCCCCC(C)(C)c1ccc(O)c(C(CCCCCC(C)C)(CCCCCC(C)C)c2c(O)cc(CCCCCC(C)C)c(C(C)(C)CCCCC)c2CCCCCC(C)C)c1. The number of rotatable bonds is 36. The molecule has 0 fully saturated rings. The molecule has 0 heterocycles. The van der Waals surface area contributed by atoms with Crippen LogP contribution in [0.3, 0.4) is 0 Å². The van der Waals surface area contributed by atoms with Crippen LogP contribution in [-0.2, 0) is 29.1 Å². The van der Waals surface area contributed by atoms with Crippen LogP contribution in [0.4, 0.5) is 0 Å². The molecular weight excluding hydrogens is 765 g/mol. The lowest BCUT2D eigenvalue weighted by Crippen LogP contribution is -2.33. The zero-order valence-corrected chi connectivity index (χ0v) is 44.8. The molecule has 2 rings (SSSR count). The number of aryl methyl sites for hydroxylation is 1. The fraction of sp³-hybridized carbons (Fsp3) is 0.803. The molecule has 0 radical (unpaired) electrons. The maximum atomic E-state index is 13.2. The van der Waals surface area contributed by atoms with Crippen LogP contribution in [0.5, 0.6) is 11.5 Å². The van der Waals surface area contributed by atoms with E-state index in [1.807, 2.05) is 6.07 Å². The van der Waals surface area contributed by atoms with Gasteiger partial charge in [-0.2, -0.15) is 0 Å². The first kappa shape index (κ1) is 57.2. The first-order valence-corrected chi connectivity index (χ1v) is 27.5. The van der Waals surface area contributed by atoms with Crippen LogP contribution in [0, 0.1) is 23.7 Å². The average Bonchev–Trinajstić information content (AvgIpc) is 3.19. The monoisotopic (exact) mass is 873 g/mol. The van der Waals surface area contributed by atoms with Crippen LogP contribution in [0.1, 0.15) is 297 Å². The third kappa shape index (κ3) is 19.8. The molecule has 2 N–H and O–H groups in total. The van der Waals surface area contributed by atoms with Crippen LogP contribution in [0.15, 0.2) is 24.3 Å². The van der Waals surface area contributed by atoms with Gasteiger partial charge in [-0.1, -0.05) is 237 Å². The maximum absolute atomic E-state index is 13.2. The summed E-state index contributed by atoms with van der Waals surface area (Å²) in [5, 5.41) is 25.7. The molecule has 0 unspecified atom stereocenters. The predicted octanol–water partition coefficient (Wildman–Crippen LogP) is 19.8. The van der Waals surface area contributed by atoms with Crippen LogP contribution < -0.4 is 0 Å². The Balaban J connectivity index is 3.16. The number of hydrogen-bond donors (Lipinski definition) is 2. The average molecular weight is 874 g/mol. The molecule has 0 bridgehead atoms. The van der Waals surface area contributed by atoms with Crippen LogP contribution in [-0.4, -0.2) is 10.2 Å². The molecular formula is C61H108O2. The first-order valence-electron chi connectivity index (χ1n) is 27.5. The topological polar surface area (TPSA) is 40.5 Å². The summed E-state index contributed by atoms with van der Waals surface area (Å²) in [6.07, 6.45) is 33.1. The molecule has 2 heteroatoms. The quantitative estimate of drug-likeness (QED) is 0.0670. The van der Waals surface area contributed by atoms with Gasteiger partial charge >= 0.3 is 0 Å². The Bertz CT molecular complexity index is 1490. The fourth-order valence-corrected chi connectivity index (χ4v) is 11.0. The minimum absolute atomic E-state index is 0.00889. The van der Waals surface area contributed by atoms with E-state index in [2.05, 4.69) is 115 Å². The highest BCUT2D eigenvalue weighted by molar-refractivity contribution is 5.61. The molecule has 2 aromatic carbocycles. The first-order chi connectivity index (χ1) is 29.8. The molecule has 0 amide bonds. The number of hydrogen-bond acceptors (Lipinski definition) is 2. The molecule has 2 nitrogen and oxygen atoms in total. The van der Waals surface area contributed by atoms with Crippen LogP contribution >= 0.6 is 0 Å². The van der Waals surface area contributed by atoms with Crippen molar-refractivity contribution in [3.63, 3.8) is 0 Å². The highest BCUT2D eigenvalue weighted by atomic mass is 16.3. The van der Waals surface area contributed by atoms with Gasteiger partial charge in [0, 0.05) is 16.5 Å². The second-order valence-corrected chi connectivity index (χ2v) is 23.8. The Hall–Kier alpha value is -1.96. The van der Waals surface area contributed by atoms with E-state index in [0.717, 1.165) is 75.2 Å². The Labute approximate surface area is 394 Å². The lowest BCUT2D eigenvalue weighted by molar-refractivity contribution is 0.345. The summed E-state index contributed by atoms with van der Waals surface area (Å²) < 4.78 is 0. The molecule has 0 aromatic heterocycles. The fourth-order valence-electron chi connectivity index (χ4n) is 11.0. The summed E-state index contributed by atoms with van der Waals surface area (Å²) in [5.74, 6) is 3.80. The van der Waals surface area contributed by atoms with Gasteiger partial charge in [0.15, 0.2) is 0 Å². The van der Waals surface area contributed by atoms with E-state index in [0.29, 0.717) is 23.3 Å². The molecule has 2 aromatic rings. The number of phenols is 2. The van der Waals surface area contributed by atoms with E-state index in [-0.39, 0.29) is 10.8 Å². The Morgan fingerprint density at radius 2 is 0.857 bits per heavy atom. The van der Waals surface area contributed by atoms with Gasteiger partial charge in [0.05, 0.1) is 0 Å². The second kappa shape index (κ2) is 29.6. The van der Waals surface area contributed by atoms with E-state index in [1.54, 1.807) is 5.56 Å². The molecule has 0 saturated carbocycles. The molecule has 0 saturated heterocycles. The largest absolute Gasteiger partial charge is 0.508 e. The highest BCUT2D eigenvalue weighted by Crippen LogP contribution is 2.54. The third-order valence-corrected chi connectivity index (χ3v) is 15.0. The summed E-state index contributed by atoms with van der Waals surface area (Å²) in [5.41, 5.74) is 7.50. The predicted molar refractivity (Wildman–Crippen MR) is 281 cm³/mol. The van der Waals surface area contributed by atoms with E-state index < -0.39 is 5.41 Å². The van der Waals surface area contributed by atoms with Crippen molar-refractivity contribution >= 4 is 0 Å². The summed E-state index contributed by atoms with van der Waals surface area (Å²) >= 11 is 0. The zero-order chi connectivity index (χ0) is 47.1. The Morgan fingerprint density at radius 1 is 0.429 bits per heavy atom. The van der Waals surface area contributed by atoms with Crippen LogP contribution in [0.25, 0.3) is 0 Å². The Kier molecular flexibility index (Phi) is 26.9. The molecule has 0 aliphatic rings. The lowest BCUT2D eigenvalue weighted by atomic mass is 9.62.